The maximum Gasteiger partial charge on any atom is 0.0760 e. The van der Waals surface area contributed by atoms with E-state index in [0.29, 0.717) is 6.54 Å². The van der Waals surface area contributed by atoms with Gasteiger partial charge in [-0.25, -0.2) is 0 Å². The number of hydrogen-bond acceptors (Lipinski definition) is 3. The van der Waals surface area contributed by atoms with E-state index >= 15 is 0 Å². The minimum absolute atomic E-state index is 0.501. The summed E-state index contributed by atoms with van der Waals surface area (Å²) in [6.45, 7) is 0.501. The van der Waals surface area contributed by atoms with Crippen molar-refractivity contribution >= 4 is 11.3 Å². The van der Waals surface area contributed by atoms with E-state index in [1.54, 1.807) is 11.3 Å². The number of nitrogens with one attached hydrogen (secondary N) is 1. The Morgan fingerprint density at radius 1 is 1.54 bits per heavy atom. The van der Waals surface area contributed by atoms with Crippen LogP contribution in [0.5, 0.6) is 0 Å². The van der Waals surface area contributed by atoms with Crippen LogP contribution in [-0.2, 0) is 13.0 Å². The van der Waals surface area contributed by atoms with Crippen LogP contribution in [0, 0.1) is 0 Å². The van der Waals surface area contributed by atoms with Crippen LogP contribution in [0.1, 0.15) is 16.3 Å². The van der Waals surface area contributed by atoms with Crippen molar-refractivity contribution in [3.05, 3.63) is 39.8 Å². The number of rotatable bonds is 3. The zero-order chi connectivity index (χ0) is 9.10. The largest absolute Gasteiger partial charge is 0.325 e. The molecule has 68 valence electrons. The molecule has 0 aliphatic heterocycles. The predicted molar refractivity (Wildman–Crippen MR) is 53.6 cm³/mol. The third kappa shape index (κ3) is 1.96. The zero-order valence-corrected chi connectivity index (χ0v) is 7.97. The van der Waals surface area contributed by atoms with Crippen molar-refractivity contribution in [3.8, 4) is 0 Å². The molecule has 4 heteroatoms. The summed E-state index contributed by atoms with van der Waals surface area (Å²) in [6, 6.07) is 6.19. The second kappa shape index (κ2) is 3.72. The number of H-pyrrole nitrogens is 1. The van der Waals surface area contributed by atoms with Crippen molar-refractivity contribution in [2.24, 2.45) is 5.73 Å². The van der Waals surface area contributed by atoms with Crippen LogP contribution in [0.3, 0.4) is 0 Å². The Balaban J connectivity index is 2.10. The van der Waals surface area contributed by atoms with Gasteiger partial charge in [0, 0.05) is 23.5 Å². The highest BCUT2D eigenvalue weighted by molar-refractivity contribution is 7.09. The smallest absolute Gasteiger partial charge is 0.0760 e. The molecule has 0 radical (unpaired) electrons. The lowest BCUT2D eigenvalue weighted by Crippen LogP contribution is -1.95. The zero-order valence-electron chi connectivity index (χ0n) is 7.16. The van der Waals surface area contributed by atoms with Gasteiger partial charge in [0.15, 0.2) is 0 Å². The minimum atomic E-state index is 0.501. The molecule has 0 aliphatic rings. The summed E-state index contributed by atoms with van der Waals surface area (Å²) in [4.78, 5) is 1.34. The average molecular weight is 193 g/mol. The van der Waals surface area contributed by atoms with Gasteiger partial charge in [0.05, 0.1) is 5.69 Å². The Hall–Kier alpha value is -1.13. The van der Waals surface area contributed by atoms with Gasteiger partial charge >= 0.3 is 0 Å². The monoisotopic (exact) mass is 193 g/mol. The number of thiophene rings is 1. The van der Waals surface area contributed by atoms with Crippen LogP contribution in [0.4, 0.5) is 0 Å². The van der Waals surface area contributed by atoms with Crippen molar-refractivity contribution in [1.82, 2.24) is 10.2 Å². The molecule has 2 aromatic heterocycles. The summed E-state index contributed by atoms with van der Waals surface area (Å²) in [7, 11) is 0. The molecule has 3 N–H and O–H groups in total. The van der Waals surface area contributed by atoms with Gasteiger partial charge in [0.25, 0.3) is 0 Å². The standard InChI is InChI=1S/C9H11N3S/c10-6-8-4-7(11-12-8)5-9-2-1-3-13-9/h1-4H,5-6,10H2,(H,11,12). The van der Waals surface area contributed by atoms with Gasteiger partial charge < -0.3 is 5.73 Å². The molecule has 0 aliphatic carbocycles. The molecule has 13 heavy (non-hydrogen) atoms. The summed E-state index contributed by atoms with van der Waals surface area (Å²) in [5, 5.41) is 9.12. The SMILES string of the molecule is NCc1cc(Cc2cccs2)[nH]n1. The van der Waals surface area contributed by atoms with E-state index in [0.717, 1.165) is 17.8 Å². The molecule has 2 rings (SSSR count). The summed E-state index contributed by atoms with van der Waals surface area (Å²) < 4.78 is 0. The molecular formula is C9H11N3S. The molecule has 0 unspecified atom stereocenters. The molecule has 0 amide bonds. The van der Waals surface area contributed by atoms with E-state index in [2.05, 4.69) is 27.7 Å². The van der Waals surface area contributed by atoms with E-state index in [9.17, 15) is 0 Å². The third-order valence-corrected chi connectivity index (χ3v) is 2.71. The summed E-state index contributed by atoms with van der Waals surface area (Å²) in [6.07, 6.45) is 0.921. The van der Waals surface area contributed by atoms with Gasteiger partial charge in [-0.05, 0) is 17.5 Å². The first-order valence-electron chi connectivity index (χ1n) is 4.14. The Kier molecular flexibility index (Phi) is 2.42. The molecule has 0 atom stereocenters. The lowest BCUT2D eigenvalue weighted by Gasteiger charge is -1.90. The highest BCUT2D eigenvalue weighted by atomic mass is 32.1. The van der Waals surface area contributed by atoms with Gasteiger partial charge in [-0.15, -0.1) is 11.3 Å². The summed E-state index contributed by atoms with van der Waals surface area (Å²) >= 11 is 1.76. The molecule has 0 bridgehead atoms. The van der Waals surface area contributed by atoms with E-state index in [4.69, 9.17) is 5.73 Å². The molecular weight excluding hydrogens is 182 g/mol. The van der Waals surface area contributed by atoms with E-state index < -0.39 is 0 Å². The van der Waals surface area contributed by atoms with Gasteiger partial charge in [0.1, 0.15) is 0 Å². The van der Waals surface area contributed by atoms with Crippen LogP contribution in [-0.4, -0.2) is 10.2 Å². The second-order valence-electron chi connectivity index (χ2n) is 2.84. The molecule has 2 heterocycles. The fraction of sp³-hybridized carbons (Fsp3) is 0.222. The minimum Gasteiger partial charge on any atom is -0.325 e. The van der Waals surface area contributed by atoms with Crippen molar-refractivity contribution in [2.75, 3.05) is 0 Å². The van der Waals surface area contributed by atoms with E-state index in [1.807, 2.05) is 6.07 Å². The highest BCUT2D eigenvalue weighted by Crippen LogP contribution is 2.13. The van der Waals surface area contributed by atoms with Crippen LogP contribution >= 0.6 is 11.3 Å². The van der Waals surface area contributed by atoms with Gasteiger partial charge in [-0.1, -0.05) is 6.07 Å². The Labute approximate surface area is 80.6 Å². The Bertz CT molecular complexity index is 364. The maximum atomic E-state index is 5.46. The number of aromatic amines is 1. The first kappa shape index (κ1) is 8.47. The molecule has 0 saturated carbocycles. The van der Waals surface area contributed by atoms with Crippen LogP contribution in [0.25, 0.3) is 0 Å². The van der Waals surface area contributed by atoms with Gasteiger partial charge in [0.2, 0.25) is 0 Å². The van der Waals surface area contributed by atoms with Crippen LogP contribution < -0.4 is 5.73 Å². The van der Waals surface area contributed by atoms with Crippen LogP contribution in [0.15, 0.2) is 23.6 Å². The topological polar surface area (TPSA) is 54.7 Å². The molecule has 3 nitrogen and oxygen atoms in total. The quantitative estimate of drug-likeness (QED) is 0.776. The lowest BCUT2D eigenvalue weighted by molar-refractivity contribution is 0.930. The highest BCUT2D eigenvalue weighted by Gasteiger charge is 2.00. The fourth-order valence-corrected chi connectivity index (χ4v) is 1.93. The number of nitrogens with two attached hydrogens (primary N) is 1. The molecule has 0 saturated heterocycles. The second-order valence-corrected chi connectivity index (χ2v) is 3.88. The summed E-state index contributed by atoms with van der Waals surface area (Å²) in [5.74, 6) is 0. The fourth-order valence-electron chi connectivity index (χ4n) is 1.21. The first-order chi connectivity index (χ1) is 6.38. The number of nitrogens with zero attached hydrogens (tertiary/aromatic N) is 1. The van der Waals surface area contributed by atoms with E-state index in [-0.39, 0.29) is 0 Å². The van der Waals surface area contributed by atoms with Crippen molar-refractivity contribution in [2.45, 2.75) is 13.0 Å². The van der Waals surface area contributed by atoms with Crippen molar-refractivity contribution in [3.63, 3.8) is 0 Å². The van der Waals surface area contributed by atoms with E-state index in [1.165, 1.54) is 4.88 Å². The van der Waals surface area contributed by atoms with Crippen molar-refractivity contribution in [1.29, 1.82) is 0 Å². The normalized spacial score (nSPS) is 10.5. The Morgan fingerprint density at radius 2 is 2.46 bits per heavy atom. The first-order valence-corrected chi connectivity index (χ1v) is 5.02. The lowest BCUT2D eigenvalue weighted by atomic mass is 10.2. The number of aromatic nitrogens is 2. The summed E-state index contributed by atoms with van der Waals surface area (Å²) in [5.41, 5.74) is 7.51. The predicted octanol–water partition coefficient (Wildman–Crippen LogP) is 1.52. The van der Waals surface area contributed by atoms with Crippen LogP contribution in [0.2, 0.25) is 0 Å². The van der Waals surface area contributed by atoms with Gasteiger partial charge in [-0.3, -0.25) is 5.10 Å². The van der Waals surface area contributed by atoms with Crippen molar-refractivity contribution < 1.29 is 0 Å². The molecule has 2 aromatic rings. The van der Waals surface area contributed by atoms with Gasteiger partial charge in [-0.2, -0.15) is 5.10 Å². The Morgan fingerprint density at radius 3 is 3.08 bits per heavy atom. The third-order valence-electron chi connectivity index (χ3n) is 1.84. The maximum absolute atomic E-state index is 5.46. The average Bonchev–Trinajstić information content (AvgIpc) is 2.76. The molecule has 0 aromatic carbocycles. The number of hydrogen-bond donors (Lipinski definition) is 2. The molecule has 0 fully saturated rings. The molecule has 0 spiro atoms.